The van der Waals surface area contributed by atoms with Crippen molar-refractivity contribution >= 4 is 0 Å². The Bertz CT molecular complexity index is 338. The number of benzene rings is 1. The third kappa shape index (κ3) is 3.49. The average molecular weight is 240 g/mol. The largest absolute Gasteiger partial charge is 0.380 e. The van der Waals surface area contributed by atoms with Gasteiger partial charge in [-0.1, -0.05) is 26.0 Å². The van der Waals surface area contributed by atoms with Crippen LogP contribution in [0.1, 0.15) is 26.3 Å². The van der Waals surface area contributed by atoms with Crippen LogP contribution in [0.4, 0.5) is 4.39 Å². The lowest BCUT2D eigenvalue weighted by Crippen LogP contribution is -2.51. The van der Waals surface area contributed by atoms with Gasteiger partial charge >= 0.3 is 0 Å². The Morgan fingerprint density at radius 2 is 1.94 bits per heavy atom. The maximum atomic E-state index is 12.9. The lowest BCUT2D eigenvalue weighted by Gasteiger charge is -2.34. The Balaban J connectivity index is 2.86. The highest BCUT2D eigenvalue weighted by molar-refractivity contribution is 5.26. The van der Waals surface area contributed by atoms with Gasteiger partial charge in [0.2, 0.25) is 0 Å². The van der Waals surface area contributed by atoms with Crippen molar-refractivity contribution < 1.29 is 9.13 Å². The molecule has 0 saturated carbocycles. The molecule has 0 saturated heterocycles. The Kier molecular flexibility index (Phi) is 5.05. The molecule has 3 nitrogen and oxygen atoms in total. The standard InChI is InChI=1S/C13H21FN2O/c1-4-17-9-12(16-15)13(2,3)10-5-7-11(14)8-6-10/h5-8,12,16H,4,9,15H2,1-3H3. The number of halogens is 1. The predicted octanol–water partition coefficient (Wildman–Crippen LogP) is 1.97. The summed E-state index contributed by atoms with van der Waals surface area (Å²) in [5, 5.41) is 0. The molecule has 17 heavy (non-hydrogen) atoms. The van der Waals surface area contributed by atoms with E-state index in [-0.39, 0.29) is 17.3 Å². The molecule has 0 aliphatic heterocycles. The summed E-state index contributed by atoms with van der Waals surface area (Å²) in [5.41, 5.74) is 3.58. The highest BCUT2D eigenvalue weighted by atomic mass is 19.1. The maximum absolute atomic E-state index is 12.9. The summed E-state index contributed by atoms with van der Waals surface area (Å²) in [6.45, 7) is 7.24. The van der Waals surface area contributed by atoms with Gasteiger partial charge in [0, 0.05) is 12.0 Å². The molecule has 1 rings (SSSR count). The van der Waals surface area contributed by atoms with Crippen LogP contribution < -0.4 is 11.3 Å². The highest BCUT2D eigenvalue weighted by Gasteiger charge is 2.30. The van der Waals surface area contributed by atoms with Crippen LogP contribution in [0.3, 0.4) is 0 Å². The molecule has 1 aromatic rings. The molecule has 0 aliphatic rings. The van der Waals surface area contributed by atoms with E-state index >= 15 is 0 Å². The fraction of sp³-hybridized carbons (Fsp3) is 0.538. The van der Waals surface area contributed by atoms with Crippen molar-refractivity contribution in [2.45, 2.75) is 32.2 Å². The van der Waals surface area contributed by atoms with Gasteiger partial charge in [0.15, 0.2) is 0 Å². The van der Waals surface area contributed by atoms with Gasteiger partial charge in [0.25, 0.3) is 0 Å². The normalized spacial score (nSPS) is 13.7. The fourth-order valence-electron chi connectivity index (χ4n) is 1.78. The summed E-state index contributed by atoms with van der Waals surface area (Å²) in [6, 6.07) is 6.47. The van der Waals surface area contributed by atoms with Gasteiger partial charge in [0.05, 0.1) is 12.6 Å². The minimum atomic E-state index is -0.230. The van der Waals surface area contributed by atoms with Gasteiger partial charge in [0.1, 0.15) is 5.82 Å². The van der Waals surface area contributed by atoms with Crippen molar-refractivity contribution in [1.29, 1.82) is 0 Å². The zero-order chi connectivity index (χ0) is 12.9. The van der Waals surface area contributed by atoms with Crippen LogP contribution in [-0.2, 0) is 10.2 Å². The van der Waals surface area contributed by atoms with Crippen molar-refractivity contribution in [3.05, 3.63) is 35.6 Å². The van der Waals surface area contributed by atoms with Crippen molar-refractivity contribution in [2.24, 2.45) is 5.84 Å². The van der Waals surface area contributed by atoms with E-state index in [1.165, 1.54) is 12.1 Å². The highest BCUT2D eigenvalue weighted by Crippen LogP contribution is 2.27. The molecule has 96 valence electrons. The minimum absolute atomic E-state index is 0.0205. The molecule has 0 amide bonds. The van der Waals surface area contributed by atoms with Crippen LogP contribution in [-0.4, -0.2) is 19.3 Å². The van der Waals surface area contributed by atoms with Gasteiger partial charge in [-0.05, 0) is 24.6 Å². The zero-order valence-electron chi connectivity index (χ0n) is 10.7. The van der Waals surface area contributed by atoms with Gasteiger partial charge < -0.3 is 4.74 Å². The van der Waals surface area contributed by atoms with E-state index in [0.29, 0.717) is 13.2 Å². The molecule has 0 radical (unpaired) electrons. The molecule has 1 atom stereocenters. The fourth-order valence-corrected chi connectivity index (χ4v) is 1.78. The van der Waals surface area contributed by atoms with Crippen molar-refractivity contribution in [1.82, 2.24) is 5.43 Å². The van der Waals surface area contributed by atoms with Crippen LogP contribution in [0.5, 0.6) is 0 Å². The quantitative estimate of drug-likeness (QED) is 0.590. The average Bonchev–Trinajstić information content (AvgIpc) is 2.30. The molecule has 0 aromatic heterocycles. The van der Waals surface area contributed by atoms with Crippen LogP contribution >= 0.6 is 0 Å². The Morgan fingerprint density at radius 1 is 1.35 bits per heavy atom. The van der Waals surface area contributed by atoms with Crippen molar-refractivity contribution in [3.63, 3.8) is 0 Å². The molecule has 4 heteroatoms. The summed E-state index contributed by atoms with van der Waals surface area (Å²) < 4.78 is 18.3. The molecular weight excluding hydrogens is 219 g/mol. The van der Waals surface area contributed by atoms with Crippen molar-refractivity contribution in [3.8, 4) is 0 Å². The molecule has 3 N–H and O–H groups in total. The molecule has 0 fully saturated rings. The molecule has 0 heterocycles. The van der Waals surface area contributed by atoms with Gasteiger partial charge in [-0.2, -0.15) is 0 Å². The van der Waals surface area contributed by atoms with E-state index < -0.39 is 0 Å². The first-order valence-electron chi connectivity index (χ1n) is 5.82. The minimum Gasteiger partial charge on any atom is -0.380 e. The molecule has 0 spiro atoms. The van der Waals surface area contributed by atoms with Gasteiger partial charge in [-0.3, -0.25) is 11.3 Å². The van der Waals surface area contributed by atoms with E-state index in [2.05, 4.69) is 19.3 Å². The first-order valence-corrected chi connectivity index (χ1v) is 5.82. The molecular formula is C13H21FN2O. The number of hydrazine groups is 1. The number of hydrogen-bond donors (Lipinski definition) is 2. The first-order chi connectivity index (χ1) is 8.02. The number of rotatable bonds is 6. The predicted molar refractivity (Wildman–Crippen MR) is 67.0 cm³/mol. The second-order valence-electron chi connectivity index (χ2n) is 4.61. The summed E-state index contributed by atoms with van der Waals surface area (Å²) >= 11 is 0. The number of nitrogens with one attached hydrogen (secondary N) is 1. The van der Waals surface area contributed by atoms with Crippen LogP contribution in [0, 0.1) is 5.82 Å². The van der Waals surface area contributed by atoms with Crippen LogP contribution in [0.15, 0.2) is 24.3 Å². The van der Waals surface area contributed by atoms with E-state index in [4.69, 9.17) is 10.6 Å². The topological polar surface area (TPSA) is 47.3 Å². The van der Waals surface area contributed by atoms with E-state index in [1.54, 1.807) is 12.1 Å². The molecule has 1 aromatic carbocycles. The number of nitrogens with two attached hydrogens (primary N) is 1. The number of ether oxygens (including phenoxy) is 1. The first kappa shape index (κ1) is 14.1. The lowest BCUT2D eigenvalue weighted by atomic mass is 9.78. The summed E-state index contributed by atoms with van der Waals surface area (Å²) in [5.74, 6) is 5.33. The summed E-state index contributed by atoms with van der Waals surface area (Å²) in [7, 11) is 0. The summed E-state index contributed by atoms with van der Waals surface area (Å²) in [4.78, 5) is 0. The van der Waals surface area contributed by atoms with Crippen LogP contribution in [0.2, 0.25) is 0 Å². The van der Waals surface area contributed by atoms with Gasteiger partial charge in [-0.25, -0.2) is 4.39 Å². The molecule has 1 unspecified atom stereocenters. The Labute approximate surface area is 102 Å². The third-order valence-corrected chi connectivity index (χ3v) is 3.15. The second-order valence-corrected chi connectivity index (χ2v) is 4.61. The summed E-state index contributed by atoms with van der Waals surface area (Å²) in [6.07, 6.45) is 0. The van der Waals surface area contributed by atoms with E-state index in [0.717, 1.165) is 5.56 Å². The van der Waals surface area contributed by atoms with E-state index in [1.807, 2.05) is 6.92 Å². The Morgan fingerprint density at radius 3 is 2.41 bits per heavy atom. The zero-order valence-corrected chi connectivity index (χ0v) is 10.7. The third-order valence-electron chi connectivity index (χ3n) is 3.15. The Hall–Kier alpha value is -0.970. The monoisotopic (exact) mass is 240 g/mol. The van der Waals surface area contributed by atoms with E-state index in [9.17, 15) is 4.39 Å². The smallest absolute Gasteiger partial charge is 0.123 e. The van der Waals surface area contributed by atoms with Crippen LogP contribution in [0.25, 0.3) is 0 Å². The lowest BCUT2D eigenvalue weighted by molar-refractivity contribution is 0.0995. The number of hydrogen-bond acceptors (Lipinski definition) is 3. The maximum Gasteiger partial charge on any atom is 0.123 e. The molecule has 0 bridgehead atoms. The SMILES string of the molecule is CCOCC(NN)C(C)(C)c1ccc(F)cc1. The van der Waals surface area contributed by atoms with Crippen molar-refractivity contribution in [2.75, 3.05) is 13.2 Å². The van der Waals surface area contributed by atoms with Gasteiger partial charge in [-0.15, -0.1) is 0 Å². The molecule has 0 aliphatic carbocycles. The second kappa shape index (κ2) is 6.10.